The molecule has 1 aliphatic rings. The van der Waals surface area contributed by atoms with Crippen LogP contribution in [0.3, 0.4) is 0 Å². The number of amides is 2. The zero-order valence-corrected chi connectivity index (χ0v) is 15.2. The highest BCUT2D eigenvalue weighted by atomic mass is 32.2. The van der Waals surface area contributed by atoms with E-state index in [1.807, 2.05) is 4.72 Å². The van der Waals surface area contributed by atoms with Crippen LogP contribution in [0.2, 0.25) is 0 Å². The van der Waals surface area contributed by atoms with Gasteiger partial charge in [-0.1, -0.05) is 0 Å². The Morgan fingerprint density at radius 3 is 2.65 bits per heavy atom. The molecule has 1 atom stereocenters. The van der Waals surface area contributed by atoms with Gasteiger partial charge in [0.2, 0.25) is 0 Å². The summed E-state index contributed by atoms with van der Waals surface area (Å²) < 4.78 is 32.8. The quantitative estimate of drug-likeness (QED) is 0.841. The summed E-state index contributed by atoms with van der Waals surface area (Å²) in [4.78, 5) is 27.7. The summed E-state index contributed by atoms with van der Waals surface area (Å²) in [6, 6.07) is 4.33. The molecule has 3 rings (SSSR count). The molecule has 0 saturated carbocycles. The van der Waals surface area contributed by atoms with Crippen molar-refractivity contribution in [3.63, 3.8) is 0 Å². The lowest BCUT2D eigenvalue weighted by Crippen LogP contribution is -2.35. The second-order valence-electron chi connectivity index (χ2n) is 6.05. The van der Waals surface area contributed by atoms with Crippen molar-refractivity contribution >= 4 is 27.5 Å². The molecule has 0 fully saturated rings. The van der Waals surface area contributed by atoms with Crippen LogP contribution in [0.4, 0.5) is 5.69 Å². The van der Waals surface area contributed by atoms with Gasteiger partial charge in [0.15, 0.2) is 6.10 Å². The molecule has 136 valence electrons. The zero-order valence-electron chi connectivity index (χ0n) is 14.4. The van der Waals surface area contributed by atoms with E-state index in [9.17, 15) is 18.0 Å². The van der Waals surface area contributed by atoms with Gasteiger partial charge in [0.25, 0.3) is 21.8 Å². The van der Waals surface area contributed by atoms with Gasteiger partial charge in [-0.15, -0.1) is 0 Å². The van der Waals surface area contributed by atoms with E-state index in [4.69, 9.17) is 4.74 Å². The third-order valence-electron chi connectivity index (χ3n) is 3.86. The first-order chi connectivity index (χ1) is 12.2. The number of ether oxygens (including phenoxy) is 1. The number of hydrogen-bond acceptors (Lipinski definition) is 6. The Morgan fingerprint density at radius 2 is 1.96 bits per heavy atom. The van der Waals surface area contributed by atoms with E-state index in [1.165, 1.54) is 24.4 Å². The Hall–Kier alpha value is -2.94. The van der Waals surface area contributed by atoms with Crippen LogP contribution in [0.1, 0.15) is 28.4 Å². The smallest absolute Gasteiger partial charge is 0.266 e. The fourth-order valence-corrected chi connectivity index (χ4v) is 3.76. The fraction of sp³-hybridized carbons (Fsp3) is 0.235. The minimum absolute atomic E-state index is 0.103. The predicted octanol–water partition coefficient (Wildman–Crippen LogP) is 1.54. The van der Waals surface area contributed by atoms with Crippen LogP contribution in [-0.4, -0.2) is 31.3 Å². The summed E-state index contributed by atoms with van der Waals surface area (Å²) in [5.74, 6) is -0.860. The molecule has 9 heteroatoms. The third-order valence-corrected chi connectivity index (χ3v) is 5.33. The van der Waals surface area contributed by atoms with E-state index in [0.717, 1.165) is 5.56 Å². The van der Waals surface area contributed by atoms with Crippen molar-refractivity contribution in [1.82, 2.24) is 9.71 Å². The lowest BCUT2D eigenvalue weighted by atomic mass is 10.1. The van der Waals surface area contributed by atoms with E-state index in [-0.39, 0.29) is 22.1 Å². The number of carbonyl (C=O) groups excluding carboxylic acids is 2. The monoisotopic (exact) mass is 375 g/mol. The number of aromatic nitrogens is 1. The normalized spacial score (nSPS) is 16.3. The van der Waals surface area contributed by atoms with Crippen LogP contribution >= 0.6 is 0 Å². The minimum atomic E-state index is -4.14. The fourth-order valence-electron chi connectivity index (χ4n) is 2.55. The molecule has 1 aromatic heterocycles. The molecule has 0 aliphatic carbocycles. The summed E-state index contributed by atoms with van der Waals surface area (Å²) in [5, 5.41) is 2.65. The number of carbonyl (C=O) groups is 2. The van der Waals surface area contributed by atoms with Crippen LogP contribution in [0.25, 0.3) is 0 Å². The number of hydrogen-bond donors (Lipinski definition) is 2. The maximum absolute atomic E-state index is 12.7. The van der Waals surface area contributed by atoms with Gasteiger partial charge in [-0.2, -0.15) is 0 Å². The average molecular weight is 375 g/mol. The topological polar surface area (TPSA) is 114 Å². The summed E-state index contributed by atoms with van der Waals surface area (Å²) in [5.41, 5.74) is 1.63. The third kappa shape index (κ3) is 3.38. The lowest BCUT2D eigenvalue weighted by molar-refractivity contribution is -0.122. The van der Waals surface area contributed by atoms with E-state index in [1.54, 1.807) is 27.0 Å². The Morgan fingerprint density at radius 1 is 1.23 bits per heavy atom. The number of rotatable bonds is 3. The summed E-state index contributed by atoms with van der Waals surface area (Å²) in [6.07, 6.45) is 2.11. The average Bonchev–Trinajstić information content (AvgIpc) is 2.55. The molecule has 0 radical (unpaired) electrons. The van der Waals surface area contributed by atoms with Crippen molar-refractivity contribution in [2.24, 2.45) is 0 Å². The van der Waals surface area contributed by atoms with Crippen molar-refractivity contribution in [2.75, 3.05) is 5.32 Å². The van der Waals surface area contributed by atoms with Gasteiger partial charge < -0.3 is 10.1 Å². The molecule has 1 aliphatic heterocycles. The van der Waals surface area contributed by atoms with E-state index >= 15 is 0 Å². The molecule has 26 heavy (non-hydrogen) atoms. The molecule has 1 aromatic carbocycles. The molecule has 8 nitrogen and oxygen atoms in total. The molecular weight excluding hydrogens is 358 g/mol. The number of aryl methyl sites for hydroxylation is 2. The second-order valence-corrected chi connectivity index (χ2v) is 7.70. The first kappa shape index (κ1) is 17.9. The van der Waals surface area contributed by atoms with Gasteiger partial charge in [-0.05, 0) is 44.0 Å². The highest BCUT2D eigenvalue weighted by molar-refractivity contribution is 7.90. The first-order valence-corrected chi connectivity index (χ1v) is 9.26. The Kier molecular flexibility index (Phi) is 4.41. The molecule has 0 saturated heterocycles. The van der Waals surface area contributed by atoms with E-state index < -0.39 is 22.0 Å². The van der Waals surface area contributed by atoms with E-state index in [0.29, 0.717) is 11.3 Å². The van der Waals surface area contributed by atoms with Gasteiger partial charge in [-0.25, -0.2) is 13.1 Å². The van der Waals surface area contributed by atoms with Gasteiger partial charge in [0.05, 0.1) is 16.1 Å². The maximum Gasteiger partial charge on any atom is 0.266 e. The van der Waals surface area contributed by atoms with Crippen LogP contribution < -0.4 is 14.8 Å². The molecular formula is C17H17N3O5S. The Labute approximate surface area is 150 Å². The molecule has 0 spiro atoms. The SMILES string of the molecule is Cc1cncc(C(=O)NS(=O)(=O)c2cc3c(cc2C)NC(=O)[C@@H](C)O3)c1. The Bertz CT molecular complexity index is 1020. The van der Waals surface area contributed by atoms with Crippen LogP contribution in [-0.2, 0) is 14.8 Å². The number of fused-ring (bicyclic) bond motifs is 1. The largest absolute Gasteiger partial charge is 0.479 e. The molecule has 0 unspecified atom stereocenters. The summed E-state index contributed by atoms with van der Waals surface area (Å²) in [6.45, 7) is 4.87. The molecule has 2 aromatic rings. The van der Waals surface area contributed by atoms with E-state index in [2.05, 4.69) is 10.3 Å². The number of benzene rings is 1. The van der Waals surface area contributed by atoms with Gasteiger partial charge in [0, 0.05) is 18.5 Å². The van der Waals surface area contributed by atoms with Crippen molar-refractivity contribution in [1.29, 1.82) is 0 Å². The van der Waals surface area contributed by atoms with Gasteiger partial charge in [0.1, 0.15) is 5.75 Å². The highest BCUT2D eigenvalue weighted by Crippen LogP contribution is 2.34. The van der Waals surface area contributed by atoms with Crippen molar-refractivity contribution in [2.45, 2.75) is 31.8 Å². The van der Waals surface area contributed by atoms with Crippen LogP contribution in [0.15, 0.2) is 35.5 Å². The van der Waals surface area contributed by atoms with Gasteiger partial charge in [-0.3, -0.25) is 14.6 Å². The molecule has 2 N–H and O–H groups in total. The number of pyridine rings is 1. The standard InChI is InChI=1S/C17H17N3O5S/c1-9-4-12(8-18-7-9)17(22)20-26(23,24)15-6-14-13(5-10(15)2)19-16(21)11(3)25-14/h4-8,11H,1-3H3,(H,19,21)(H,20,22)/t11-/m1/s1. The second kappa shape index (κ2) is 6.41. The zero-order chi connectivity index (χ0) is 19.1. The lowest BCUT2D eigenvalue weighted by Gasteiger charge is -2.24. The number of nitrogens with one attached hydrogen (secondary N) is 2. The molecule has 0 bridgehead atoms. The summed E-state index contributed by atoms with van der Waals surface area (Å²) >= 11 is 0. The van der Waals surface area contributed by atoms with Gasteiger partial charge >= 0.3 is 0 Å². The van der Waals surface area contributed by atoms with Crippen molar-refractivity contribution < 1.29 is 22.7 Å². The molecule has 2 heterocycles. The Balaban J connectivity index is 1.94. The highest BCUT2D eigenvalue weighted by Gasteiger charge is 2.28. The molecule has 2 amide bonds. The minimum Gasteiger partial charge on any atom is -0.479 e. The predicted molar refractivity (Wildman–Crippen MR) is 93.5 cm³/mol. The number of anilines is 1. The maximum atomic E-state index is 12.7. The number of sulfonamides is 1. The van der Waals surface area contributed by atoms with Crippen LogP contribution in [0.5, 0.6) is 5.75 Å². The van der Waals surface area contributed by atoms with Crippen molar-refractivity contribution in [3.05, 3.63) is 47.3 Å². The van der Waals surface area contributed by atoms with Crippen LogP contribution in [0, 0.1) is 13.8 Å². The summed E-state index contributed by atoms with van der Waals surface area (Å²) in [7, 11) is -4.14. The van der Waals surface area contributed by atoms with Crippen molar-refractivity contribution in [3.8, 4) is 5.75 Å². The first-order valence-electron chi connectivity index (χ1n) is 7.78. The number of nitrogens with zero attached hydrogens (tertiary/aromatic N) is 1.